The van der Waals surface area contributed by atoms with Gasteiger partial charge in [0.15, 0.2) is 11.5 Å². The molecule has 8 heteroatoms. The number of benzene rings is 3. The average Bonchev–Trinajstić information content (AvgIpc) is 3.23. The summed E-state index contributed by atoms with van der Waals surface area (Å²) in [5.41, 5.74) is 1.70. The first-order valence-electron chi connectivity index (χ1n) is 10.5. The molecule has 4 rings (SSSR count). The summed E-state index contributed by atoms with van der Waals surface area (Å²) < 4.78 is 26.5. The monoisotopic (exact) mass is 574 g/mol. The molecule has 0 saturated carbocycles. The summed E-state index contributed by atoms with van der Waals surface area (Å²) in [6.07, 6.45) is 0. The molecule has 1 aromatic heterocycles. The highest BCUT2D eigenvalue weighted by Gasteiger charge is 2.14. The number of halogens is 2. The molecule has 0 N–H and O–H groups in total. The summed E-state index contributed by atoms with van der Waals surface area (Å²) in [7, 11) is 3.24. The molecule has 6 nitrogen and oxygen atoms in total. The van der Waals surface area contributed by atoms with E-state index in [1.165, 1.54) is 0 Å². The van der Waals surface area contributed by atoms with Crippen LogP contribution in [0.5, 0.6) is 23.1 Å². The molecule has 0 aliphatic heterocycles. The van der Waals surface area contributed by atoms with Gasteiger partial charge in [-0.25, -0.2) is 4.68 Å². The van der Waals surface area contributed by atoms with E-state index < -0.39 is 0 Å². The van der Waals surface area contributed by atoms with Gasteiger partial charge in [-0.1, -0.05) is 28.1 Å². The summed E-state index contributed by atoms with van der Waals surface area (Å²) >= 11 is 7.20. The third-order valence-electron chi connectivity index (χ3n) is 5.16. The molecule has 0 fully saturated rings. The van der Waals surface area contributed by atoms with E-state index >= 15 is 0 Å². The third kappa shape index (κ3) is 5.12. The number of rotatable bonds is 9. The van der Waals surface area contributed by atoms with Gasteiger partial charge in [-0.2, -0.15) is 5.10 Å². The lowest BCUT2D eigenvalue weighted by Crippen LogP contribution is -2.11. The van der Waals surface area contributed by atoms with Crippen molar-refractivity contribution in [2.24, 2.45) is 0 Å². The van der Waals surface area contributed by atoms with E-state index in [2.05, 4.69) is 50.1 Å². The molecule has 33 heavy (non-hydrogen) atoms. The Bertz CT molecular complexity index is 1270. The second-order valence-corrected chi connectivity index (χ2v) is 8.89. The van der Waals surface area contributed by atoms with Gasteiger partial charge in [-0.3, -0.25) is 0 Å². The molecule has 0 bridgehead atoms. The highest BCUT2D eigenvalue weighted by atomic mass is 79.9. The van der Waals surface area contributed by atoms with Gasteiger partial charge in [0.25, 0.3) is 0 Å². The zero-order valence-corrected chi connectivity index (χ0v) is 21.8. The molecule has 0 atom stereocenters. The quantitative estimate of drug-likeness (QED) is 0.222. The van der Waals surface area contributed by atoms with Gasteiger partial charge in [0.05, 0.1) is 37.5 Å². The molecule has 0 aliphatic carbocycles. The van der Waals surface area contributed by atoms with Gasteiger partial charge < -0.3 is 18.9 Å². The lowest BCUT2D eigenvalue weighted by atomic mass is 10.1. The fourth-order valence-corrected chi connectivity index (χ4v) is 4.54. The molecule has 0 aliphatic rings. The van der Waals surface area contributed by atoms with Gasteiger partial charge in [-0.15, -0.1) is 0 Å². The van der Waals surface area contributed by atoms with E-state index in [1.54, 1.807) is 14.2 Å². The number of nitrogens with zero attached hydrogens (tertiary/aromatic N) is 2. The average molecular weight is 576 g/mol. The minimum absolute atomic E-state index is 0.438. The Morgan fingerprint density at radius 2 is 1.64 bits per heavy atom. The Hall–Kier alpha value is -2.71. The van der Waals surface area contributed by atoms with Crippen LogP contribution in [0, 0.1) is 0 Å². The van der Waals surface area contributed by atoms with E-state index in [9.17, 15) is 0 Å². The number of aromatic nitrogens is 2. The van der Waals surface area contributed by atoms with Crippen molar-refractivity contribution in [1.29, 1.82) is 0 Å². The topological polar surface area (TPSA) is 54.7 Å². The molecule has 0 saturated heterocycles. The van der Waals surface area contributed by atoms with Crippen LogP contribution in [0.4, 0.5) is 0 Å². The lowest BCUT2D eigenvalue weighted by Gasteiger charge is -2.12. The fourth-order valence-electron chi connectivity index (χ4n) is 3.56. The molecular formula is C25H24Br2N2O4. The number of fused-ring (bicyclic) bond motifs is 1. The van der Waals surface area contributed by atoms with Crippen LogP contribution in [0.25, 0.3) is 22.0 Å². The maximum atomic E-state index is 6.08. The fraction of sp³-hybridized carbons (Fsp3) is 0.240. The van der Waals surface area contributed by atoms with Gasteiger partial charge in [-0.05, 0) is 70.0 Å². The molecule has 0 radical (unpaired) electrons. The van der Waals surface area contributed by atoms with Gasteiger partial charge in [0.1, 0.15) is 12.4 Å². The van der Waals surface area contributed by atoms with E-state index in [0.717, 1.165) is 36.7 Å². The predicted molar refractivity (Wildman–Crippen MR) is 137 cm³/mol. The molecule has 0 amide bonds. The lowest BCUT2D eigenvalue weighted by molar-refractivity contribution is 0.259. The maximum absolute atomic E-state index is 6.08. The Morgan fingerprint density at radius 3 is 2.39 bits per heavy atom. The van der Waals surface area contributed by atoms with Crippen molar-refractivity contribution in [2.45, 2.75) is 13.5 Å². The Kier molecular flexibility index (Phi) is 7.45. The molecule has 0 spiro atoms. The summed E-state index contributed by atoms with van der Waals surface area (Å²) in [6.45, 7) is 3.47. The largest absolute Gasteiger partial charge is 0.493 e. The summed E-state index contributed by atoms with van der Waals surface area (Å²) in [6, 6.07) is 17.8. The molecule has 172 valence electrons. The van der Waals surface area contributed by atoms with E-state index in [-0.39, 0.29) is 0 Å². The van der Waals surface area contributed by atoms with Crippen LogP contribution in [-0.4, -0.2) is 37.2 Å². The second-order valence-electron chi connectivity index (χ2n) is 7.19. The first-order chi connectivity index (χ1) is 16.0. The van der Waals surface area contributed by atoms with Crippen molar-refractivity contribution in [2.75, 3.05) is 27.4 Å². The zero-order chi connectivity index (χ0) is 23.4. The highest BCUT2D eigenvalue weighted by Crippen LogP contribution is 2.35. The minimum Gasteiger partial charge on any atom is -0.493 e. The van der Waals surface area contributed by atoms with Gasteiger partial charge >= 0.3 is 0 Å². The van der Waals surface area contributed by atoms with Crippen molar-refractivity contribution in [3.8, 4) is 34.4 Å². The van der Waals surface area contributed by atoms with Crippen molar-refractivity contribution in [3.05, 3.63) is 63.5 Å². The number of methoxy groups -OCH3 is 2. The van der Waals surface area contributed by atoms with Gasteiger partial charge in [0.2, 0.25) is 5.88 Å². The van der Waals surface area contributed by atoms with Crippen molar-refractivity contribution in [3.63, 3.8) is 0 Å². The van der Waals surface area contributed by atoms with Crippen LogP contribution in [0.1, 0.15) is 6.92 Å². The van der Waals surface area contributed by atoms with Crippen LogP contribution in [0.2, 0.25) is 0 Å². The number of hydrogen-bond acceptors (Lipinski definition) is 5. The minimum atomic E-state index is 0.438. The molecule has 1 heterocycles. The number of ether oxygens (including phenoxy) is 4. The van der Waals surface area contributed by atoms with Crippen LogP contribution >= 0.6 is 31.9 Å². The second kappa shape index (κ2) is 10.5. The first-order valence-corrected chi connectivity index (χ1v) is 12.1. The van der Waals surface area contributed by atoms with Crippen LogP contribution < -0.4 is 18.9 Å². The zero-order valence-electron chi connectivity index (χ0n) is 18.6. The maximum Gasteiger partial charge on any atom is 0.212 e. The molecule has 3 aromatic carbocycles. The van der Waals surface area contributed by atoms with Crippen LogP contribution in [-0.2, 0) is 6.54 Å². The molecular weight excluding hydrogens is 552 g/mol. The summed E-state index contributed by atoms with van der Waals surface area (Å²) in [5, 5.41) is 6.97. The third-order valence-corrected chi connectivity index (χ3v) is 6.47. The smallest absolute Gasteiger partial charge is 0.212 e. The molecule has 4 aromatic rings. The summed E-state index contributed by atoms with van der Waals surface area (Å²) in [4.78, 5) is 0. The summed E-state index contributed by atoms with van der Waals surface area (Å²) in [5.74, 6) is 2.80. The number of hydrogen-bond donors (Lipinski definition) is 0. The van der Waals surface area contributed by atoms with Crippen molar-refractivity contribution < 1.29 is 18.9 Å². The van der Waals surface area contributed by atoms with Gasteiger partial charge in [0, 0.05) is 16.1 Å². The van der Waals surface area contributed by atoms with Crippen molar-refractivity contribution in [1.82, 2.24) is 9.78 Å². The first kappa shape index (κ1) is 23.4. The Balaban J connectivity index is 1.53. The molecule has 0 unspecified atom stereocenters. The van der Waals surface area contributed by atoms with Crippen LogP contribution in [0.3, 0.4) is 0 Å². The normalized spacial score (nSPS) is 10.9. The van der Waals surface area contributed by atoms with Crippen molar-refractivity contribution >= 4 is 42.6 Å². The van der Waals surface area contributed by atoms with E-state index in [1.807, 2.05) is 48.0 Å². The van der Waals surface area contributed by atoms with E-state index in [0.29, 0.717) is 37.1 Å². The highest BCUT2D eigenvalue weighted by molar-refractivity contribution is 9.11. The van der Waals surface area contributed by atoms with E-state index in [4.69, 9.17) is 24.0 Å². The Morgan fingerprint density at radius 1 is 0.848 bits per heavy atom. The van der Waals surface area contributed by atoms with Crippen LogP contribution in [0.15, 0.2) is 63.5 Å². The SMILES string of the molecule is CCOc1cc(-c2ccc(OC)c(OC)c2)nn1CCOc1ccc2cc(Br)ccc2c1Br. The Labute approximate surface area is 209 Å². The predicted octanol–water partition coefficient (Wildman–Crippen LogP) is 6.72. The standard InChI is InChI=1S/C25H24Br2N2O4/c1-4-32-24-15-20(17-6-9-21(30-2)23(14-17)31-3)28-29(24)11-12-33-22-10-5-16-13-18(26)7-8-19(16)25(22)27/h5-10,13-15H,4,11-12H2,1-3H3.